The second kappa shape index (κ2) is 7.45. The average Bonchev–Trinajstić information content (AvgIpc) is 2.72. The molecule has 2 unspecified atom stereocenters. The maximum Gasteiger partial charge on any atom is 0.322 e. The topological polar surface area (TPSA) is 61.8 Å². The summed E-state index contributed by atoms with van der Waals surface area (Å²) >= 11 is 0. The van der Waals surface area contributed by atoms with E-state index < -0.39 is 22.0 Å². The van der Waals surface area contributed by atoms with Crippen molar-refractivity contribution in [1.82, 2.24) is 0 Å². The van der Waals surface area contributed by atoms with Crippen molar-refractivity contribution < 1.29 is 23.2 Å². The van der Waals surface area contributed by atoms with Gasteiger partial charge in [0.25, 0.3) is 0 Å². The zero-order valence-corrected chi connectivity index (χ0v) is 13.1. The van der Waals surface area contributed by atoms with Crippen molar-refractivity contribution in [3.05, 3.63) is 18.2 Å². The van der Waals surface area contributed by atoms with Crippen LogP contribution in [0.15, 0.2) is 23.1 Å². The van der Waals surface area contributed by atoms with E-state index in [0.29, 0.717) is 36.0 Å². The number of hydrogen-bond donors (Lipinski definition) is 0. The van der Waals surface area contributed by atoms with Crippen LogP contribution in [0.25, 0.3) is 0 Å². The Morgan fingerprint density at radius 3 is 2.67 bits per heavy atom. The van der Waals surface area contributed by atoms with Gasteiger partial charge in [-0.25, -0.2) is 0 Å². The van der Waals surface area contributed by atoms with E-state index in [1.54, 1.807) is 25.1 Å². The quantitative estimate of drug-likeness (QED) is 0.781. The zero-order valence-electron chi connectivity index (χ0n) is 12.3. The van der Waals surface area contributed by atoms with Crippen LogP contribution in [-0.2, 0) is 20.3 Å². The molecule has 0 saturated heterocycles. The molecule has 1 aliphatic heterocycles. The third kappa shape index (κ3) is 3.75. The highest BCUT2D eigenvalue weighted by atomic mass is 32.2. The van der Waals surface area contributed by atoms with Crippen LogP contribution in [0.1, 0.15) is 26.7 Å². The van der Waals surface area contributed by atoms with E-state index in [1.807, 2.05) is 6.92 Å². The van der Waals surface area contributed by atoms with E-state index in [-0.39, 0.29) is 6.61 Å². The Kier molecular flexibility index (Phi) is 5.61. The summed E-state index contributed by atoms with van der Waals surface area (Å²) in [7, 11) is -1.47. The van der Waals surface area contributed by atoms with Crippen molar-refractivity contribution in [2.24, 2.45) is 0 Å². The molecule has 6 heteroatoms. The van der Waals surface area contributed by atoms with Gasteiger partial charge in [0.1, 0.15) is 5.25 Å². The molecule has 21 heavy (non-hydrogen) atoms. The molecule has 0 saturated carbocycles. The number of fused-ring (bicyclic) bond motifs is 1. The molecule has 1 aliphatic rings. The summed E-state index contributed by atoms with van der Waals surface area (Å²) in [6.45, 7) is 5.02. The van der Waals surface area contributed by atoms with Gasteiger partial charge in [-0.15, -0.1) is 0 Å². The Bertz CT molecular complexity index is 529. The van der Waals surface area contributed by atoms with Crippen molar-refractivity contribution in [2.75, 3.05) is 19.8 Å². The lowest BCUT2D eigenvalue weighted by Gasteiger charge is -2.14. The van der Waals surface area contributed by atoms with Crippen molar-refractivity contribution in [1.29, 1.82) is 0 Å². The molecule has 0 fully saturated rings. The van der Waals surface area contributed by atoms with E-state index >= 15 is 0 Å². The molecule has 0 aliphatic carbocycles. The lowest BCUT2D eigenvalue weighted by molar-refractivity contribution is -0.142. The van der Waals surface area contributed by atoms with Crippen LogP contribution >= 0.6 is 0 Å². The van der Waals surface area contributed by atoms with Crippen molar-refractivity contribution in [3.63, 3.8) is 0 Å². The molecule has 1 heterocycles. The maximum absolute atomic E-state index is 12.6. The predicted molar refractivity (Wildman–Crippen MR) is 79.2 cm³/mol. The van der Waals surface area contributed by atoms with E-state index in [0.717, 1.165) is 6.42 Å². The number of carbonyl (C=O) groups is 1. The van der Waals surface area contributed by atoms with Gasteiger partial charge in [-0.3, -0.25) is 9.00 Å². The van der Waals surface area contributed by atoms with Gasteiger partial charge in [-0.05, 0) is 25.5 Å². The number of esters is 1. The first-order chi connectivity index (χ1) is 10.2. The summed E-state index contributed by atoms with van der Waals surface area (Å²) < 4.78 is 28.7. The number of rotatable bonds is 5. The first-order valence-corrected chi connectivity index (χ1v) is 8.35. The lowest BCUT2D eigenvalue weighted by Crippen LogP contribution is -2.27. The number of benzene rings is 1. The van der Waals surface area contributed by atoms with Crippen LogP contribution < -0.4 is 9.47 Å². The first-order valence-electron chi connectivity index (χ1n) is 7.14. The van der Waals surface area contributed by atoms with E-state index in [9.17, 15) is 9.00 Å². The molecule has 0 bridgehead atoms. The molecule has 0 N–H and O–H groups in total. The van der Waals surface area contributed by atoms with E-state index in [2.05, 4.69) is 0 Å². The lowest BCUT2D eigenvalue weighted by atomic mass is 10.3. The van der Waals surface area contributed by atoms with Gasteiger partial charge < -0.3 is 14.2 Å². The Labute approximate surface area is 127 Å². The highest BCUT2D eigenvalue weighted by molar-refractivity contribution is 7.86. The minimum Gasteiger partial charge on any atom is -0.490 e. The Morgan fingerprint density at radius 2 is 2.00 bits per heavy atom. The van der Waals surface area contributed by atoms with Crippen LogP contribution in [0, 0.1) is 0 Å². The average molecular weight is 312 g/mol. The third-order valence-electron chi connectivity index (χ3n) is 3.13. The van der Waals surface area contributed by atoms with Crippen LogP contribution in [0.4, 0.5) is 0 Å². The van der Waals surface area contributed by atoms with Crippen LogP contribution in [0.2, 0.25) is 0 Å². The van der Waals surface area contributed by atoms with Crippen molar-refractivity contribution in [2.45, 2.75) is 36.8 Å². The second-order valence-corrected chi connectivity index (χ2v) is 6.24. The highest BCUT2D eigenvalue weighted by Crippen LogP contribution is 2.32. The molecule has 1 aromatic carbocycles. The van der Waals surface area contributed by atoms with Gasteiger partial charge in [-0.1, -0.05) is 6.92 Å². The van der Waals surface area contributed by atoms with E-state index in [4.69, 9.17) is 14.2 Å². The second-order valence-electron chi connectivity index (χ2n) is 4.61. The van der Waals surface area contributed by atoms with E-state index in [1.165, 1.54) is 0 Å². The molecular formula is C15H20O5S. The maximum atomic E-state index is 12.6. The van der Waals surface area contributed by atoms with Gasteiger partial charge in [0.15, 0.2) is 11.5 Å². The van der Waals surface area contributed by atoms with Crippen molar-refractivity contribution >= 4 is 16.8 Å². The summed E-state index contributed by atoms with van der Waals surface area (Å²) in [5.41, 5.74) is 0. The molecule has 0 radical (unpaired) electrons. The molecule has 0 spiro atoms. The smallest absolute Gasteiger partial charge is 0.322 e. The monoisotopic (exact) mass is 312 g/mol. The van der Waals surface area contributed by atoms with Gasteiger partial charge in [0.2, 0.25) is 0 Å². The molecule has 2 rings (SSSR count). The third-order valence-corrected chi connectivity index (χ3v) is 4.89. The number of ether oxygens (including phenoxy) is 3. The largest absolute Gasteiger partial charge is 0.490 e. The molecule has 5 nitrogen and oxygen atoms in total. The van der Waals surface area contributed by atoms with Crippen LogP contribution in [0.5, 0.6) is 11.5 Å². The molecule has 0 amide bonds. The summed E-state index contributed by atoms with van der Waals surface area (Å²) in [6, 6.07) is 5.15. The molecule has 2 atom stereocenters. The summed E-state index contributed by atoms with van der Waals surface area (Å²) in [4.78, 5) is 12.4. The minimum atomic E-state index is -1.47. The fraction of sp³-hybridized carbons (Fsp3) is 0.533. The normalized spacial score (nSPS) is 16.7. The SMILES string of the molecule is CCOC(=O)C(CC)S(=O)c1ccc2c(c1)OCCCO2. The summed E-state index contributed by atoms with van der Waals surface area (Å²) in [5, 5.41) is -0.658. The van der Waals surface area contributed by atoms with Crippen LogP contribution in [0.3, 0.4) is 0 Å². The fourth-order valence-electron chi connectivity index (χ4n) is 2.07. The Balaban J connectivity index is 2.22. The Morgan fingerprint density at radius 1 is 1.29 bits per heavy atom. The molecule has 0 aromatic heterocycles. The van der Waals surface area contributed by atoms with Gasteiger partial charge in [0.05, 0.1) is 30.6 Å². The van der Waals surface area contributed by atoms with Crippen molar-refractivity contribution in [3.8, 4) is 11.5 Å². The first kappa shape index (κ1) is 15.8. The minimum absolute atomic E-state index is 0.285. The number of carbonyl (C=O) groups excluding carboxylic acids is 1. The van der Waals surface area contributed by atoms with Gasteiger partial charge in [0, 0.05) is 17.4 Å². The summed E-state index contributed by atoms with van der Waals surface area (Å²) in [6.07, 6.45) is 1.27. The highest BCUT2D eigenvalue weighted by Gasteiger charge is 2.27. The fourth-order valence-corrected chi connectivity index (χ4v) is 3.37. The van der Waals surface area contributed by atoms with Gasteiger partial charge in [-0.2, -0.15) is 0 Å². The zero-order chi connectivity index (χ0) is 15.2. The predicted octanol–water partition coefficient (Wildman–Crippen LogP) is 2.30. The molecular weight excluding hydrogens is 292 g/mol. The number of hydrogen-bond acceptors (Lipinski definition) is 5. The van der Waals surface area contributed by atoms with Gasteiger partial charge >= 0.3 is 5.97 Å². The molecule has 116 valence electrons. The Hall–Kier alpha value is -1.56. The molecule has 1 aromatic rings. The standard InChI is InChI=1S/C15H20O5S/c1-3-14(15(16)18-4-2)21(17)11-6-7-12-13(10-11)20-9-5-8-19-12/h6-7,10,14H,3-5,8-9H2,1-2H3. The van der Waals surface area contributed by atoms with Crippen LogP contribution in [-0.4, -0.2) is 35.2 Å². The summed E-state index contributed by atoms with van der Waals surface area (Å²) in [5.74, 6) is 0.805.